The molecule has 1 aromatic carbocycles. The molecule has 2 atom stereocenters. The van der Waals surface area contributed by atoms with Crippen LogP contribution in [0.15, 0.2) is 24.3 Å². The van der Waals surface area contributed by atoms with Gasteiger partial charge in [-0.2, -0.15) is 5.10 Å². The Bertz CT molecular complexity index is 940. The molecular formula is C24H33FN3O5-. The fourth-order valence-corrected chi connectivity index (χ4v) is 3.67. The van der Waals surface area contributed by atoms with Gasteiger partial charge in [0.05, 0.1) is 17.9 Å². The number of aliphatic hydroxyl groups excluding tert-OH is 2. The molecule has 8 nitrogen and oxygen atoms in total. The molecule has 0 saturated heterocycles. The number of carboxylic acids is 1. The van der Waals surface area contributed by atoms with E-state index >= 15 is 0 Å². The maximum Gasteiger partial charge on any atom is 0.272 e. The Morgan fingerprint density at radius 2 is 1.76 bits per heavy atom. The molecule has 0 unspecified atom stereocenters. The predicted octanol–water partition coefficient (Wildman–Crippen LogP) is 1.71. The van der Waals surface area contributed by atoms with Gasteiger partial charge in [-0.15, -0.1) is 0 Å². The molecule has 1 amide bonds. The Balaban J connectivity index is 2.39. The van der Waals surface area contributed by atoms with Gasteiger partial charge in [0.25, 0.3) is 5.91 Å². The average molecular weight is 463 g/mol. The van der Waals surface area contributed by atoms with E-state index in [2.05, 4.69) is 10.4 Å². The standard InChI is InChI=1S/C24H34FN3O5/c1-14(2)13-26-24(33)23-22(15(3)4)20(10-9-18(29)11-19(30)12-21(31)32)28(27-23)17-7-5-16(25)6-8-17/h5-8,14-15,18-19,29-30H,9-13H2,1-4H3,(H,26,33)(H,31,32)/p-1/t18-,19-/m1/s1. The summed E-state index contributed by atoms with van der Waals surface area (Å²) < 4.78 is 15.1. The Morgan fingerprint density at radius 3 is 2.30 bits per heavy atom. The third-order valence-corrected chi connectivity index (χ3v) is 5.22. The lowest BCUT2D eigenvalue weighted by Gasteiger charge is -2.17. The van der Waals surface area contributed by atoms with Crippen LogP contribution in [0.5, 0.6) is 0 Å². The second-order valence-corrected chi connectivity index (χ2v) is 9.01. The van der Waals surface area contributed by atoms with Crippen LogP contribution >= 0.6 is 0 Å². The number of carbonyl (C=O) groups excluding carboxylic acids is 2. The Hall–Kier alpha value is -2.78. The number of halogens is 1. The number of carbonyl (C=O) groups is 2. The highest BCUT2D eigenvalue weighted by molar-refractivity contribution is 5.94. The summed E-state index contributed by atoms with van der Waals surface area (Å²) >= 11 is 0. The van der Waals surface area contributed by atoms with Crippen molar-refractivity contribution in [1.82, 2.24) is 15.1 Å². The van der Waals surface area contributed by atoms with E-state index < -0.39 is 30.4 Å². The van der Waals surface area contributed by atoms with Gasteiger partial charge in [0.15, 0.2) is 5.69 Å². The lowest BCUT2D eigenvalue weighted by molar-refractivity contribution is -0.307. The van der Waals surface area contributed by atoms with Crippen molar-refractivity contribution in [3.05, 3.63) is 47.0 Å². The van der Waals surface area contributed by atoms with Crippen LogP contribution in [-0.2, 0) is 11.2 Å². The molecular weight excluding hydrogens is 429 g/mol. The smallest absolute Gasteiger partial charge is 0.272 e. The summed E-state index contributed by atoms with van der Waals surface area (Å²) in [6.45, 7) is 8.35. The van der Waals surface area contributed by atoms with Gasteiger partial charge >= 0.3 is 0 Å². The van der Waals surface area contributed by atoms with Gasteiger partial charge in [-0.1, -0.05) is 27.7 Å². The zero-order chi connectivity index (χ0) is 24.7. The number of aliphatic carboxylic acids is 1. The van der Waals surface area contributed by atoms with Crippen molar-refractivity contribution in [2.45, 2.75) is 71.5 Å². The van der Waals surface area contributed by atoms with Crippen molar-refractivity contribution in [1.29, 1.82) is 0 Å². The fraction of sp³-hybridized carbons (Fsp3) is 0.542. The Kier molecular flexibility index (Phi) is 9.55. The molecule has 2 rings (SSSR count). The summed E-state index contributed by atoms with van der Waals surface area (Å²) in [5.74, 6) is -1.89. The summed E-state index contributed by atoms with van der Waals surface area (Å²) in [6, 6.07) is 5.73. The van der Waals surface area contributed by atoms with Crippen molar-refractivity contribution in [2.75, 3.05) is 6.54 Å². The molecule has 3 N–H and O–H groups in total. The number of nitrogens with zero attached hydrogens (tertiary/aromatic N) is 2. The molecule has 0 fully saturated rings. The second kappa shape index (κ2) is 11.9. The average Bonchev–Trinajstić information content (AvgIpc) is 3.10. The van der Waals surface area contributed by atoms with Crippen LogP contribution in [0.1, 0.15) is 74.6 Å². The van der Waals surface area contributed by atoms with Crippen LogP contribution in [0.25, 0.3) is 5.69 Å². The van der Waals surface area contributed by atoms with Crippen LogP contribution in [0.3, 0.4) is 0 Å². The number of aliphatic hydroxyl groups is 2. The first kappa shape index (κ1) is 26.5. The molecule has 0 spiro atoms. The molecule has 0 saturated carbocycles. The topological polar surface area (TPSA) is 128 Å². The molecule has 0 aliphatic rings. The lowest BCUT2D eigenvalue weighted by atomic mass is 9.95. The van der Waals surface area contributed by atoms with Crippen LogP contribution in [0.4, 0.5) is 4.39 Å². The van der Waals surface area contributed by atoms with Crippen LogP contribution in [0.2, 0.25) is 0 Å². The van der Waals surface area contributed by atoms with Gasteiger partial charge in [0.2, 0.25) is 0 Å². The summed E-state index contributed by atoms with van der Waals surface area (Å²) in [6.07, 6.45) is -2.32. The van der Waals surface area contributed by atoms with Gasteiger partial charge < -0.3 is 25.4 Å². The molecule has 2 aromatic rings. The second-order valence-electron chi connectivity index (χ2n) is 9.01. The van der Waals surface area contributed by atoms with E-state index in [0.29, 0.717) is 24.3 Å². The third-order valence-electron chi connectivity index (χ3n) is 5.22. The zero-order valence-corrected chi connectivity index (χ0v) is 19.5. The van der Waals surface area contributed by atoms with Crippen molar-refractivity contribution in [3.63, 3.8) is 0 Å². The van der Waals surface area contributed by atoms with Crippen molar-refractivity contribution >= 4 is 11.9 Å². The molecule has 9 heteroatoms. The summed E-state index contributed by atoms with van der Waals surface area (Å²) in [4.78, 5) is 23.6. The predicted molar refractivity (Wildman–Crippen MR) is 119 cm³/mol. The third kappa shape index (κ3) is 7.64. The van der Waals surface area contributed by atoms with E-state index in [9.17, 15) is 29.3 Å². The minimum atomic E-state index is -1.39. The monoisotopic (exact) mass is 462 g/mol. The highest BCUT2D eigenvalue weighted by Gasteiger charge is 2.26. The number of rotatable bonds is 12. The van der Waals surface area contributed by atoms with Crippen molar-refractivity contribution in [3.8, 4) is 5.69 Å². The largest absolute Gasteiger partial charge is 0.550 e. The zero-order valence-electron chi connectivity index (χ0n) is 19.5. The van der Waals surface area contributed by atoms with Crippen molar-refractivity contribution < 1.29 is 29.3 Å². The quantitative estimate of drug-likeness (QED) is 0.441. The molecule has 0 aliphatic carbocycles. The molecule has 182 valence electrons. The summed E-state index contributed by atoms with van der Waals surface area (Å²) in [5.41, 5.74) is 2.27. The molecule has 1 heterocycles. The molecule has 0 radical (unpaired) electrons. The summed E-state index contributed by atoms with van der Waals surface area (Å²) in [7, 11) is 0. The highest BCUT2D eigenvalue weighted by atomic mass is 19.1. The number of aromatic nitrogens is 2. The van der Waals surface area contributed by atoms with Crippen LogP contribution in [0, 0.1) is 11.7 Å². The molecule has 0 aliphatic heterocycles. The first-order chi connectivity index (χ1) is 15.5. The number of hydrogen-bond donors (Lipinski definition) is 3. The van der Waals surface area contributed by atoms with Gasteiger partial charge in [-0.3, -0.25) is 4.79 Å². The SMILES string of the molecule is CC(C)CNC(=O)c1nn(-c2ccc(F)cc2)c(CC[C@@H](O)C[C@@H](O)CC(=O)[O-])c1C(C)C. The molecule has 1 aromatic heterocycles. The Morgan fingerprint density at radius 1 is 1.12 bits per heavy atom. The number of benzene rings is 1. The minimum absolute atomic E-state index is 0.0604. The maximum absolute atomic E-state index is 13.5. The van der Waals surface area contributed by atoms with Crippen LogP contribution < -0.4 is 10.4 Å². The number of nitrogens with one attached hydrogen (secondary N) is 1. The van der Waals surface area contributed by atoms with E-state index in [0.717, 1.165) is 5.56 Å². The first-order valence-corrected chi connectivity index (χ1v) is 11.2. The van der Waals surface area contributed by atoms with E-state index in [1.807, 2.05) is 27.7 Å². The molecule has 33 heavy (non-hydrogen) atoms. The fourth-order valence-electron chi connectivity index (χ4n) is 3.67. The Labute approximate surface area is 193 Å². The van der Waals surface area contributed by atoms with E-state index in [4.69, 9.17) is 0 Å². The maximum atomic E-state index is 13.5. The highest BCUT2D eigenvalue weighted by Crippen LogP contribution is 2.28. The number of amides is 1. The first-order valence-electron chi connectivity index (χ1n) is 11.2. The van der Waals surface area contributed by atoms with E-state index in [1.165, 1.54) is 12.1 Å². The van der Waals surface area contributed by atoms with Gasteiger partial charge in [-0.25, -0.2) is 9.07 Å². The summed E-state index contributed by atoms with van der Waals surface area (Å²) in [5, 5.41) is 38.2. The van der Waals surface area contributed by atoms with Gasteiger partial charge in [-0.05, 0) is 55.4 Å². The molecule has 0 bridgehead atoms. The lowest BCUT2D eigenvalue weighted by Crippen LogP contribution is -2.29. The number of carboxylic acid groups (broad SMARTS) is 1. The minimum Gasteiger partial charge on any atom is -0.550 e. The van der Waals surface area contributed by atoms with E-state index in [-0.39, 0.29) is 36.3 Å². The van der Waals surface area contributed by atoms with E-state index in [1.54, 1.807) is 16.8 Å². The number of hydrogen-bond acceptors (Lipinski definition) is 6. The van der Waals surface area contributed by atoms with Crippen molar-refractivity contribution in [2.24, 2.45) is 5.92 Å². The van der Waals surface area contributed by atoms with Gasteiger partial charge in [0.1, 0.15) is 5.82 Å². The van der Waals surface area contributed by atoms with Crippen LogP contribution in [-0.4, -0.2) is 50.6 Å². The normalized spacial score (nSPS) is 13.4. The van der Waals surface area contributed by atoms with Gasteiger partial charge in [0, 0.05) is 30.2 Å².